The van der Waals surface area contributed by atoms with Crippen molar-refractivity contribution < 1.29 is 9.21 Å². The molecule has 6 heteroatoms. The highest BCUT2D eigenvalue weighted by molar-refractivity contribution is 7.13. The van der Waals surface area contributed by atoms with Crippen LogP contribution in [-0.4, -0.2) is 28.9 Å². The number of carbonyl (C=O) groups is 1. The number of hydrogen-bond donors (Lipinski definition) is 1. The van der Waals surface area contributed by atoms with Gasteiger partial charge in [0, 0.05) is 17.5 Å². The van der Waals surface area contributed by atoms with Gasteiger partial charge in [0.2, 0.25) is 0 Å². The molecule has 2 aromatic heterocycles. The van der Waals surface area contributed by atoms with Crippen molar-refractivity contribution in [1.29, 1.82) is 0 Å². The predicted octanol–water partition coefficient (Wildman–Crippen LogP) is 3.28. The number of nitrogens with one attached hydrogen (secondary N) is 1. The molecule has 5 nitrogen and oxygen atoms in total. The third-order valence-electron chi connectivity index (χ3n) is 3.67. The summed E-state index contributed by atoms with van der Waals surface area (Å²) < 4.78 is 5.18. The van der Waals surface area contributed by atoms with Gasteiger partial charge in [-0.25, -0.2) is 4.98 Å². The summed E-state index contributed by atoms with van der Waals surface area (Å²) in [4.78, 5) is 19.0. The van der Waals surface area contributed by atoms with Gasteiger partial charge in [-0.15, -0.1) is 11.3 Å². The molecule has 1 N–H and O–H groups in total. The molecule has 0 spiro atoms. The number of likely N-dealkylation sites (tertiary alicyclic amines) is 1. The minimum Gasteiger partial charge on any atom is -0.459 e. The molecule has 0 aliphatic carbocycles. The van der Waals surface area contributed by atoms with E-state index in [9.17, 15) is 4.79 Å². The van der Waals surface area contributed by atoms with E-state index in [0.717, 1.165) is 30.9 Å². The van der Waals surface area contributed by atoms with Crippen molar-refractivity contribution in [3.05, 3.63) is 34.7 Å². The van der Waals surface area contributed by atoms with Crippen molar-refractivity contribution in [3.63, 3.8) is 0 Å². The maximum atomic E-state index is 12.0. The molecule has 0 aromatic carbocycles. The van der Waals surface area contributed by atoms with Gasteiger partial charge < -0.3 is 4.42 Å². The topological polar surface area (TPSA) is 58.4 Å². The van der Waals surface area contributed by atoms with Crippen LogP contribution in [0.15, 0.2) is 22.1 Å². The highest BCUT2D eigenvalue weighted by Crippen LogP contribution is 2.20. The lowest BCUT2D eigenvalue weighted by atomic mass is 10.1. The first kappa shape index (κ1) is 14.3. The largest absolute Gasteiger partial charge is 0.459 e. The van der Waals surface area contributed by atoms with Crippen LogP contribution < -0.4 is 5.32 Å². The predicted molar refractivity (Wildman–Crippen MR) is 82.6 cm³/mol. The van der Waals surface area contributed by atoms with Gasteiger partial charge >= 0.3 is 0 Å². The van der Waals surface area contributed by atoms with E-state index >= 15 is 0 Å². The fourth-order valence-corrected chi connectivity index (χ4v) is 3.24. The number of piperidine rings is 1. The SMILES string of the molecule is Cc1ccoc1C(=O)Nc1nc(CN2CCCCC2)cs1. The Balaban J connectivity index is 1.60. The Morgan fingerprint density at radius 1 is 1.43 bits per heavy atom. The zero-order chi connectivity index (χ0) is 14.7. The Labute approximate surface area is 128 Å². The molecule has 1 amide bonds. The number of rotatable bonds is 4. The van der Waals surface area contributed by atoms with E-state index < -0.39 is 0 Å². The first-order valence-electron chi connectivity index (χ1n) is 7.24. The summed E-state index contributed by atoms with van der Waals surface area (Å²) in [6.07, 6.45) is 5.39. The number of carbonyl (C=O) groups excluding carboxylic acids is 1. The van der Waals surface area contributed by atoms with Gasteiger partial charge in [-0.2, -0.15) is 0 Å². The summed E-state index contributed by atoms with van der Waals surface area (Å²) >= 11 is 1.46. The average molecular weight is 305 g/mol. The van der Waals surface area contributed by atoms with Crippen LogP contribution in [0.2, 0.25) is 0 Å². The molecule has 0 radical (unpaired) electrons. The average Bonchev–Trinajstić information content (AvgIpc) is 3.09. The summed E-state index contributed by atoms with van der Waals surface area (Å²) in [5.74, 6) is 0.110. The molecule has 0 atom stereocenters. The van der Waals surface area contributed by atoms with Crippen LogP contribution in [0.25, 0.3) is 0 Å². The number of aromatic nitrogens is 1. The highest BCUT2D eigenvalue weighted by atomic mass is 32.1. The van der Waals surface area contributed by atoms with Crippen LogP contribution in [-0.2, 0) is 6.54 Å². The maximum Gasteiger partial charge on any atom is 0.293 e. The van der Waals surface area contributed by atoms with E-state index in [1.165, 1.54) is 36.9 Å². The normalized spacial score (nSPS) is 16.0. The number of aryl methyl sites for hydroxylation is 1. The number of amides is 1. The monoisotopic (exact) mass is 305 g/mol. The number of thiazole rings is 1. The van der Waals surface area contributed by atoms with E-state index in [1.54, 1.807) is 6.07 Å². The van der Waals surface area contributed by atoms with Crippen LogP contribution in [0.1, 0.15) is 41.1 Å². The lowest BCUT2D eigenvalue weighted by Gasteiger charge is -2.25. The van der Waals surface area contributed by atoms with E-state index in [0.29, 0.717) is 10.9 Å². The quantitative estimate of drug-likeness (QED) is 0.941. The zero-order valence-electron chi connectivity index (χ0n) is 12.1. The molecule has 1 fully saturated rings. The van der Waals surface area contributed by atoms with E-state index in [1.807, 2.05) is 12.3 Å². The van der Waals surface area contributed by atoms with Crippen LogP contribution in [0, 0.1) is 6.92 Å². The summed E-state index contributed by atoms with van der Waals surface area (Å²) in [5.41, 5.74) is 1.85. The fourth-order valence-electron chi connectivity index (χ4n) is 2.54. The molecule has 0 bridgehead atoms. The third kappa shape index (κ3) is 3.51. The molecule has 1 aliphatic rings. The van der Waals surface area contributed by atoms with Gasteiger partial charge in [0.1, 0.15) is 0 Å². The molecule has 1 saturated heterocycles. The number of nitrogens with zero attached hydrogens (tertiary/aromatic N) is 2. The molecule has 21 heavy (non-hydrogen) atoms. The van der Waals surface area contributed by atoms with Gasteiger partial charge in [0.05, 0.1) is 12.0 Å². The summed E-state index contributed by atoms with van der Waals surface area (Å²) in [5, 5.41) is 5.44. The minimum absolute atomic E-state index is 0.239. The highest BCUT2D eigenvalue weighted by Gasteiger charge is 2.16. The lowest BCUT2D eigenvalue weighted by molar-refractivity contribution is 0.0996. The minimum atomic E-state index is -0.239. The second kappa shape index (κ2) is 6.41. The Hall–Kier alpha value is -1.66. The molecular weight excluding hydrogens is 286 g/mol. The van der Waals surface area contributed by atoms with E-state index in [-0.39, 0.29) is 5.91 Å². The molecule has 112 valence electrons. The number of furan rings is 1. The van der Waals surface area contributed by atoms with Crippen molar-refractivity contribution in [1.82, 2.24) is 9.88 Å². The van der Waals surface area contributed by atoms with E-state index in [2.05, 4.69) is 15.2 Å². The molecule has 0 unspecified atom stereocenters. The van der Waals surface area contributed by atoms with Crippen molar-refractivity contribution >= 4 is 22.4 Å². The van der Waals surface area contributed by atoms with Crippen molar-refractivity contribution in [2.75, 3.05) is 18.4 Å². The van der Waals surface area contributed by atoms with Crippen molar-refractivity contribution in [2.45, 2.75) is 32.7 Å². The van der Waals surface area contributed by atoms with E-state index in [4.69, 9.17) is 4.42 Å². The Kier molecular flexibility index (Phi) is 4.36. The van der Waals surface area contributed by atoms with Crippen molar-refractivity contribution in [2.24, 2.45) is 0 Å². The summed E-state index contributed by atoms with van der Waals surface area (Å²) in [7, 11) is 0. The van der Waals surface area contributed by atoms with Crippen molar-refractivity contribution in [3.8, 4) is 0 Å². The Morgan fingerprint density at radius 2 is 2.24 bits per heavy atom. The molecular formula is C15H19N3O2S. The van der Waals surface area contributed by atoms with Gasteiger partial charge in [-0.3, -0.25) is 15.0 Å². The number of hydrogen-bond acceptors (Lipinski definition) is 5. The first-order valence-corrected chi connectivity index (χ1v) is 8.12. The fraction of sp³-hybridized carbons (Fsp3) is 0.467. The van der Waals surface area contributed by atoms with Crippen LogP contribution in [0.5, 0.6) is 0 Å². The van der Waals surface area contributed by atoms with Gasteiger partial charge in [0.25, 0.3) is 5.91 Å². The smallest absolute Gasteiger partial charge is 0.293 e. The van der Waals surface area contributed by atoms with Crippen LogP contribution in [0.3, 0.4) is 0 Å². The third-order valence-corrected chi connectivity index (χ3v) is 4.48. The Morgan fingerprint density at radius 3 is 2.95 bits per heavy atom. The number of anilines is 1. The molecule has 0 saturated carbocycles. The van der Waals surface area contributed by atoms with Gasteiger partial charge in [-0.1, -0.05) is 6.42 Å². The summed E-state index contributed by atoms with van der Waals surface area (Å²) in [6, 6.07) is 1.78. The van der Waals surface area contributed by atoms with Gasteiger partial charge in [0.15, 0.2) is 10.9 Å². The summed E-state index contributed by atoms with van der Waals surface area (Å²) in [6.45, 7) is 5.00. The Bertz CT molecular complexity index is 614. The van der Waals surface area contributed by atoms with Crippen LogP contribution in [0.4, 0.5) is 5.13 Å². The second-order valence-electron chi connectivity index (χ2n) is 5.37. The second-order valence-corrected chi connectivity index (χ2v) is 6.23. The molecule has 3 heterocycles. The lowest BCUT2D eigenvalue weighted by Crippen LogP contribution is -2.29. The maximum absolute atomic E-state index is 12.0. The standard InChI is InChI=1S/C15H19N3O2S/c1-11-5-8-20-13(11)14(19)17-15-16-12(10-21-15)9-18-6-3-2-4-7-18/h5,8,10H,2-4,6-7,9H2,1H3,(H,16,17,19). The molecule has 2 aromatic rings. The van der Waals surface area contributed by atoms with Crippen LogP contribution >= 0.6 is 11.3 Å². The molecule has 1 aliphatic heterocycles. The van der Waals surface area contributed by atoms with Gasteiger partial charge in [-0.05, 0) is 38.9 Å². The first-order chi connectivity index (χ1) is 10.2. The zero-order valence-corrected chi connectivity index (χ0v) is 12.9. The molecule has 3 rings (SSSR count).